The number of hydrogen-bond donors (Lipinski definition) is 0. The lowest BCUT2D eigenvalue weighted by atomic mass is 9.87. The molecule has 0 amide bonds. The Morgan fingerprint density at radius 2 is 1.67 bits per heavy atom. The van der Waals surface area contributed by atoms with Crippen LogP contribution < -0.4 is 0 Å². The van der Waals surface area contributed by atoms with Gasteiger partial charge in [0.05, 0.1) is 0 Å². The molecule has 0 bridgehead atoms. The minimum absolute atomic E-state index is 0.677. The first-order valence-electron chi connectivity index (χ1n) is 5.92. The van der Waals surface area contributed by atoms with E-state index in [1.807, 2.05) is 0 Å². The van der Waals surface area contributed by atoms with Crippen molar-refractivity contribution in [2.75, 3.05) is 5.33 Å². The number of alkyl halides is 1. The highest BCUT2D eigenvalue weighted by atomic mass is 79.9. The van der Waals surface area contributed by atoms with Gasteiger partial charge in [-0.3, -0.25) is 0 Å². The first kappa shape index (κ1) is 12.8. The number of benzene rings is 1. The monoisotopic (exact) mass is 268 g/mol. The molecule has 0 aliphatic carbocycles. The van der Waals surface area contributed by atoms with Crippen LogP contribution in [0.5, 0.6) is 0 Å². The highest BCUT2D eigenvalue weighted by Gasteiger charge is 2.14. The first-order chi connectivity index (χ1) is 7.31. The van der Waals surface area contributed by atoms with Crippen LogP contribution in [0.15, 0.2) is 30.3 Å². The summed E-state index contributed by atoms with van der Waals surface area (Å²) in [6.07, 6.45) is 3.90. The summed E-state index contributed by atoms with van der Waals surface area (Å²) in [6, 6.07) is 10.9. The van der Waals surface area contributed by atoms with Gasteiger partial charge in [0, 0.05) is 5.33 Å². The van der Waals surface area contributed by atoms with E-state index in [9.17, 15) is 0 Å². The molecule has 0 aromatic heterocycles. The zero-order valence-electron chi connectivity index (χ0n) is 9.75. The third-order valence-corrected chi connectivity index (χ3v) is 4.01. The second kappa shape index (κ2) is 7.05. The summed E-state index contributed by atoms with van der Waals surface area (Å²) in [4.78, 5) is 0. The number of rotatable bonds is 6. The number of hydrogen-bond acceptors (Lipinski definition) is 0. The van der Waals surface area contributed by atoms with Gasteiger partial charge in [-0.05, 0) is 23.8 Å². The van der Waals surface area contributed by atoms with Crippen LogP contribution in [-0.2, 0) is 0 Å². The summed E-state index contributed by atoms with van der Waals surface area (Å²) in [5.74, 6) is 1.55. The van der Waals surface area contributed by atoms with Crippen molar-refractivity contribution < 1.29 is 0 Å². The van der Waals surface area contributed by atoms with Gasteiger partial charge in [0.2, 0.25) is 0 Å². The third-order valence-electron chi connectivity index (χ3n) is 3.23. The largest absolute Gasteiger partial charge is 0.0921 e. The zero-order chi connectivity index (χ0) is 11.1. The maximum Gasteiger partial charge on any atom is 0.0100 e. The van der Waals surface area contributed by atoms with Gasteiger partial charge in [0.25, 0.3) is 0 Å². The van der Waals surface area contributed by atoms with E-state index in [0.717, 1.165) is 11.2 Å². The van der Waals surface area contributed by atoms with E-state index < -0.39 is 0 Å². The lowest BCUT2D eigenvalue weighted by molar-refractivity contribution is 0.425. The van der Waals surface area contributed by atoms with Crippen molar-refractivity contribution in [2.24, 2.45) is 5.92 Å². The molecule has 1 aromatic rings. The average molecular weight is 269 g/mol. The van der Waals surface area contributed by atoms with Crippen molar-refractivity contribution in [3.63, 3.8) is 0 Å². The SMILES string of the molecule is CCC(CC)CC(CBr)c1ccccc1. The maximum absolute atomic E-state index is 3.64. The molecular weight excluding hydrogens is 248 g/mol. The Kier molecular flexibility index (Phi) is 6.00. The highest BCUT2D eigenvalue weighted by Crippen LogP contribution is 2.28. The van der Waals surface area contributed by atoms with Gasteiger partial charge in [0.1, 0.15) is 0 Å². The van der Waals surface area contributed by atoms with Crippen LogP contribution in [0.25, 0.3) is 0 Å². The minimum Gasteiger partial charge on any atom is -0.0921 e. The Hall–Kier alpha value is -0.300. The van der Waals surface area contributed by atoms with Crippen LogP contribution >= 0.6 is 15.9 Å². The summed E-state index contributed by atoms with van der Waals surface area (Å²) in [7, 11) is 0. The summed E-state index contributed by atoms with van der Waals surface area (Å²) in [5, 5.41) is 1.08. The van der Waals surface area contributed by atoms with Gasteiger partial charge in [-0.25, -0.2) is 0 Å². The fraction of sp³-hybridized carbons (Fsp3) is 0.571. The van der Waals surface area contributed by atoms with Crippen LogP contribution in [0, 0.1) is 5.92 Å². The molecule has 0 fully saturated rings. The molecule has 0 radical (unpaired) electrons. The third kappa shape index (κ3) is 3.98. The summed E-state index contributed by atoms with van der Waals surface area (Å²) in [5.41, 5.74) is 1.47. The van der Waals surface area contributed by atoms with Crippen LogP contribution in [0.2, 0.25) is 0 Å². The lowest BCUT2D eigenvalue weighted by Crippen LogP contribution is -2.07. The Morgan fingerprint density at radius 3 is 2.13 bits per heavy atom. The molecule has 0 aliphatic rings. The van der Waals surface area contributed by atoms with E-state index in [1.165, 1.54) is 24.8 Å². The van der Waals surface area contributed by atoms with Crippen molar-refractivity contribution >= 4 is 15.9 Å². The number of halogens is 1. The normalized spacial score (nSPS) is 13.1. The smallest absolute Gasteiger partial charge is 0.0100 e. The molecule has 1 atom stereocenters. The van der Waals surface area contributed by atoms with Crippen LogP contribution in [0.4, 0.5) is 0 Å². The molecule has 1 rings (SSSR count). The highest BCUT2D eigenvalue weighted by molar-refractivity contribution is 9.09. The Balaban J connectivity index is 2.64. The van der Waals surface area contributed by atoms with E-state index in [0.29, 0.717) is 5.92 Å². The summed E-state index contributed by atoms with van der Waals surface area (Å²) in [6.45, 7) is 4.59. The predicted molar refractivity (Wildman–Crippen MR) is 71.7 cm³/mol. The summed E-state index contributed by atoms with van der Waals surface area (Å²) >= 11 is 3.64. The van der Waals surface area contributed by atoms with Crippen LogP contribution in [0.3, 0.4) is 0 Å². The predicted octanol–water partition coefficient (Wildman–Crippen LogP) is 4.99. The van der Waals surface area contributed by atoms with E-state index in [-0.39, 0.29) is 0 Å². The second-order valence-electron chi connectivity index (χ2n) is 4.18. The second-order valence-corrected chi connectivity index (χ2v) is 4.83. The molecular formula is C14H21Br. The fourth-order valence-corrected chi connectivity index (χ4v) is 2.68. The molecule has 1 heteroatoms. The van der Waals surface area contributed by atoms with Gasteiger partial charge in [-0.15, -0.1) is 0 Å². The molecule has 0 saturated heterocycles. The fourth-order valence-electron chi connectivity index (χ4n) is 2.04. The van der Waals surface area contributed by atoms with Gasteiger partial charge in [0.15, 0.2) is 0 Å². The van der Waals surface area contributed by atoms with Crippen molar-refractivity contribution in [2.45, 2.75) is 39.0 Å². The van der Waals surface area contributed by atoms with E-state index in [4.69, 9.17) is 0 Å². The van der Waals surface area contributed by atoms with Crippen molar-refractivity contribution in [1.29, 1.82) is 0 Å². The first-order valence-corrected chi connectivity index (χ1v) is 7.04. The molecule has 0 spiro atoms. The molecule has 84 valence electrons. The average Bonchev–Trinajstić information content (AvgIpc) is 2.32. The quantitative estimate of drug-likeness (QED) is 0.638. The van der Waals surface area contributed by atoms with Crippen molar-refractivity contribution in [1.82, 2.24) is 0 Å². The molecule has 0 aliphatic heterocycles. The van der Waals surface area contributed by atoms with Crippen LogP contribution in [-0.4, -0.2) is 5.33 Å². The van der Waals surface area contributed by atoms with E-state index >= 15 is 0 Å². The topological polar surface area (TPSA) is 0 Å². The van der Waals surface area contributed by atoms with Gasteiger partial charge in [-0.2, -0.15) is 0 Å². The molecule has 1 aromatic carbocycles. The molecule has 1 unspecified atom stereocenters. The van der Waals surface area contributed by atoms with E-state index in [1.54, 1.807) is 0 Å². The molecule has 0 saturated carbocycles. The van der Waals surface area contributed by atoms with Crippen LogP contribution in [0.1, 0.15) is 44.6 Å². The molecule has 0 heterocycles. The van der Waals surface area contributed by atoms with Crippen molar-refractivity contribution in [3.8, 4) is 0 Å². The summed E-state index contributed by atoms with van der Waals surface area (Å²) < 4.78 is 0. The van der Waals surface area contributed by atoms with Gasteiger partial charge >= 0.3 is 0 Å². The Bertz CT molecular complexity index is 251. The van der Waals surface area contributed by atoms with Crippen molar-refractivity contribution in [3.05, 3.63) is 35.9 Å². The Morgan fingerprint density at radius 1 is 1.07 bits per heavy atom. The lowest BCUT2D eigenvalue weighted by Gasteiger charge is -2.20. The van der Waals surface area contributed by atoms with E-state index in [2.05, 4.69) is 60.1 Å². The maximum atomic E-state index is 3.64. The molecule has 0 N–H and O–H groups in total. The Labute approximate surface area is 102 Å². The molecule has 15 heavy (non-hydrogen) atoms. The molecule has 0 nitrogen and oxygen atoms in total. The zero-order valence-corrected chi connectivity index (χ0v) is 11.3. The standard InChI is InChI=1S/C14H21Br/c1-3-12(4-2)10-14(11-15)13-8-6-5-7-9-13/h5-9,12,14H,3-4,10-11H2,1-2H3. The van der Waals surface area contributed by atoms with Gasteiger partial charge in [-0.1, -0.05) is 73.0 Å². The minimum atomic E-state index is 0.677. The van der Waals surface area contributed by atoms with Gasteiger partial charge < -0.3 is 0 Å².